The lowest BCUT2D eigenvalue weighted by atomic mass is 10.0. The third kappa shape index (κ3) is 8.44. The van der Waals surface area contributed by atoms with Crippen LogP contribution in [0.1, 0.15) is 18.1 Å². The van der Waals surface area contributed by atoms with Gasteiger partial charge in [-0.3, -0.25) is 13.9 Å². The highest BCUT2D eigenvalue weighted by atomic mass is 127. The number of rotatable bonds is 11. The summed E-state index contributed by atoms with van der Waals surface area (Å²) in [5, 5.41) is 3.33. The van der Waals surface area contributed by atoms with Gasteiger partial charge in [-0.2, -0.15) is 0 Å². The Morgan fingerprint density at radius 2 is 1.62 bits per heavy atom. The summed E-state index contributed by atoms with van der Waals surface area (Å²) in [5.41, 5.74) is 1.97. The van der Waals surface area contributed by atoms with Gasteiger partial charge in [0.25, 0.3) is 0 Å². The molecule has 0 aromatic heterocycles. The molecule has 2 amide bonds. The Kier molecular flexibility index (Phi) is 10.4. The molecule has 0 aliphatic carbocycles. The van der Waals surface area contributed by atoms with E-state index < -0.39 is 28.5 Å². The van der Waals surface area contributed by atoms with E-state index in [1.807, 2.05) is 43.3 Å². The number of hydrogen-bond donors (Lipinski definition) is 1. The van der Waals surface area contributed by atoms with Gasteiger partial charge in [0.15, 0.2) is 0 Å². The summed E-state index contributed by atoms with van der Waals surface area (Å²) in [7, 11) is -3.79. The van der Waals surface area contributed by atoms with Gasteiger partial charge in [0.05, 0.1) is 11.9 Å². The van der Waals surface area contributed by atoms with E-state index in [2.05, 4.69) is 27.9 Å². The number of hydrogen-bond acceptors (Lipinski definition) is 4. The van der Waals surface area contributed by atoms with Gasteiger partial charge < -0.3 is 10.2 Å². The number of sulfonamides is 1. The summed E-state index contributed by atoms with van der Waals surface area (Å²) in [5.74, 6) is -0.821. The molecule has 37 heavy (non-hydrogen) atoms. The second-order valence-electron chi connectivity index (χ2n) is 8.50. The maximum atomic E-state index is 13.9. The molecule has 10 heteroatoms. The van der Waals surface area contributed by atoms with Crippen molar-refractivity contribution in [2.24, 2.45) is 0 Å². The smallest absolute Gasteiger partial charge is 0.244 e. The molecule has 1 N–H and O–H groups in total. The van der Waals surface area contributed by atoms with Crippen molar-refractivity contribution in [1.82, 2.24) is 10.2 Å². The van der Waals surface area contributed by atoms with E-state index in [0.29, 0.717) is 17.3 Å². The molecule has 3 aromatic rings. The molecule has 3 aromatic carbocycles. The lowest BCUT2D eigenvalue weighted by molar-refractivity contribution is -0.140. The van der Waals surface area contributed by atoms with Gasteiger partial charge in [-0.05, 0) is 77.0 Å². The van der Waals surface area contributed by atoms with E-state index in [1.165, 1.54) is 4.90 Å². The van der Waals surface area contributed by atoms with Crippen molar-refractivity contribution in [3.8, 4) is 0 Å². The van der Waals surface area contributed by atoms with E-state index in [9.17, 15) is 18.0 Å². The van der Waals surface area contributed by atoms with Crippen LogP contribution in [0.4, 0.5) is 5.69 Å². The predicted molar refractivity (Wildman–Crippen MR) is 156 cm³/mol. The van der Waals surface area contributed by atoms with E-state index >= 15 is 0 Å². The first-order chi connectivity index (χ1) is 17.6. The number of nitrogens with one attached hydrogen (secondary N) is 1. The summed E-state index contributed by atoms with van der Waals surface area (Å²) in [6.45, 7) is 1.83. The minimum atomic E-state index is -3.79. The van der Waals surface area contributed by atoms with Gasteiger partial charge in [-0.25, -0.2) is 8.42 Å². The predicted octanol–water partition coefficient (Wildman–Crippen LogP) is 4.49. The number of carbonyl (C=O) groups is 2. The van der Waals surface area contributed by atoms with Crippen LogP contribution in [-0.4, -0.2) is 50.5 Å². The minimum Gasteiger partial charge on any atom is -0.355 e. The molecule has 0 unspecified atom stereocenters. The van der Waals surface area contributed by atoms with E-state index in [4.69, 9.17) is 11.6 Å². The summed E-state index contributed by atoms with van der Waals surface area (Å²) in [6, 6.07) is 22.4. The third-order valence-electron chi connectivity index (χ3n) is 5.66. The Labute approximate surface area is 237 Å². The number of benzene rings is 3. The first kappa shape index (κ1) is 28.9. The van der Waals surface area contributed by atoms with Crippen LogP contribution in [0.2, 0.25) is 5.02 Å². The molecule has 196 valence electrons. The van der Waals surface area contributed by atoms with Gasteiger partial charge in [-0.1, -0.05) is 54.1 Å². The number of amides is 2. The highest BCUT2D eigenvalue weighted by Gasteiger charge is 2.32. The van der Waals surface area contributed by atoms with Crippen molar-refractivity contribution in [3.63, 3.8) is 0 Å². The number of halogens is 2. The second-order valence-corrected chi connectivity index (χ2v) is 12.1. The van der Waals surface area contributed by atoms with Crippen LogP contribution in [0.3, 0.4) is 0 Å². The average molecular weight is 654 g/mol. The van der Waals surface area contributed by atoms with Gasteiger partial charge in [0.1, 0.15) is 12.6 Å². The molecule has 0 saturated carbocycles. The highest BCUT2D eigenvalue weighted by Crippen LogP contribution is 2.22. The maximum absolute atomic E-state index is 13.9. The molecule has 0 radical (unpaired) electrons. The topological polar surface area (TPSA) is 86.8 Å². The molecular weight excluding hydrogens is 625 g/mol. The zero-order chi connectivity index (χ0) is 27.0. The summed E-state index contributed by atoms with van der Waals surface area (Å²) in [4.78, 5) is 28.6. The molecule has 1 atom stereocenters. The minimum absolute atomic E-state index is 0.0817. The van der Waals surface area contributed by atoms with E-state index in [0.717, 1.165) is 25.3 Å². The van der Waals surface area contributed by atoms with Crippen molar-refractivity contribution in [2.75, 3.05) is 23.7 Å². The summed E-state index contributed by atoms with van der Waals surface area (Å²) >= 11 is 8.32. The zero-order valence-electron chi connectivity index (χ0n) is 20.6. The van der Waals surface area contributed by atoms with Crippen LogP contribution >= 0.6 is 34.2 Å². The number of nitrogens with zero attached hydrogens (tertiary/aromatic N) is 2. The average Bonchev–Trinajstić information content (AvgIpc) is 2.85. The zero-order valence-corrected chi connectivity index (χ0v) is 24.3. The first-order valence-corrected chi connectivity index (χ1v) is 15.0. The van der Waals surface area contributed by atoms with Crippen LogP contribution in [-0.2, 0) is 32.6 Å². The molecule has 0 bridgehead atoms. The van der Waals surface area contributed by atoms with Crippen molar-refractivity contribution in [2.45, 2.75) is 25.9 Å². The molecular formula is C27H29ClIN3O4S. The lowest BCUT2D eigenvalue weighted by Crippen LogP contribution is -2.53. The quantitative estimate of drug-likeness (QED) is 0.309. The van der Waals surface area contributed by atoms with Crippen molar-refractivity contribution >= 4 is 61.7 Å². The lowest BCUT2D eigenvalue weighted by Gasteiger charge is -2.33. The summed E-state index contributed by atoms with van der Waals surface area (Å²) < 4.78 is 27.5. The monoisotopic (exact) mass is 653 g/mol. The van der Waals surface area contributed by atoms with Crippen molar-refractivity contribution in [3.05, 3.63) is 98.6 Å². The molecule has 0 spiro atoms. The van der Waals surface area contributed by atoms with Crippen LogP contribution < -0.4 is 9.62 Å². The first-order valence-electron chi connectivity index (χ1n) is 11.7. The third-order valence-corrected chi connectivity index (χ3v) is 7.75. The molecule has 3 rings (SSSR count). The van der Waals surface area contributed by atoms with Crippen molar-refractivity contribution < 1.29 is 18.0 Å². The largest absolute Gasteiger partial charge is 0.355 e. The van der Waals surface area contributed by atoms with Gasteiger partial charge in [0.2, 0.25) is 21.8 Å². The fourth-order valence-corrected chi connectivity index (χ4v) is 5.32. The second kappa shape index (κ2) is 13.3. The van der Waals surface area contributed by atoms with Crippen LogP contribution in [0.25, 0.3) is 0 Å². The molecule has 0 fully saturated rings. The van der Waals surface area contributed by atoms with Crippen LogP contribution in [0.15, 0.2) is 78.9 Å². The van der Waals surface area contributed by atoms with Crippen LogP contribution in [0, 0.1) is 3.57 Å². The molecule has 0 heterocycles. The van der Waals surface area contributed by atoms with E-state index in [-0.39, 0.29) is 18.9 Å². The Morgan fingerprint density at radius 3 is 2.22 bits per heavy atom. The van der Waals surface area contributed by atoms with Gasteiger partial charge >= 0.3 is 0 Å². The van der Waals surface area contributed by atoms with Crippen LogP contribution in [0.5, 0.6) is 0 Å². The highest BCUT2D eigenvalue weighted by molar-refractivity contribution is 14.1. The summed E-state index contributed by atoms with van der Waals surface area (Å²) in [6.07, 6.45) is 1.33. The molecule has 0 aliphatic heterocycles. The maximum Gasteiger partial charge on any atom is 0.244 e. The number of anilines is 1. The Morgan fingerprint density at radius 1 is 0.973 bits per heavy atom. The Balaban J connectivity index is 2.03. The molecule has 0 aliphatic rings. The van der Waals surface area contributed by atoms with Gasteiger partial charge in [0, 0.05) is 28.1 Å². The van der Waals surface area contributed by atoms with Gasteiger partial charge in [-0.15, -0.1) is 0 Å². The number of carbonyl (C=O) groups excluding carboxylic acids is 2. The molecule has 0 saturated heterocycles. The Hall–Kier alpha value is -2.63. The SMILES string of the molecule is CCNC(=O)[C@H](Cc1ccccc1)N(Cc1cccc(Cl)c1)C(=O)CN(c1ccc(I)cc1)S(C)(=O)=O. The standard InChI is InChI=1S/C27H29ClIN3O4S/c1-3-30-27(34)25(17-20-8-5-4-6-9-20)31(18-21-10-7-11-22(28)16-21)26(33)19-32(37(2,35)36)24-14-12-23(29)13-15-24/h4-16,25H,3,17-19H2,1-2H3,(H,30,34)/t25-/m0/s1. The van der Waals surface area contributed by atoms with E-state index in [1.54, 1.807) is 42.5 Å². The number of likely N-dealkylation sites (N-methyl/N-ethyl adjacent to an activating group) is 1. The Bertz CT molecular complexity index is 1320. The van der Waals surface area contributed by atoms with Crippen molar-refractivity contribution in [1.29, 1.82) is 0 Å². The fraction of sp³-hybridized carbons (Fsp3) is 0.259. The molecule has 7 nitrogen and oxygen atoms in total. The normalized spacial score (nSPS) is 12.0. The fourth-order valence-electron chi connectivity index (χ4n) is 3.90.